The van der Waals surface area contributed by atoms with E-state index in [-0.39, 0.29) is 4.99 Å². The Balaban J connectivity index is 4.39. The topological polar surface area (TPSA) is 18.5 Å². The van der Waals surface area contributed by atoms with E-state index in [4.69, 9.17) is 20.9 Å². The van der Waals surface area contributed by atoms with Gasteiger partial charge in [-0.3, -0.25) is 0 Å². The highest BCUT2D eigenvalue weighted by Crippen LogP contribution is 2.59. The Kier molecular flexibility index (Phi) is 11.0. The predicted molar refractivity (Wildman–Crippen MR) is 82.0 cm³/mol. The lowest BCUT2D eigenvalue weighted by atomic mass is 10.2. The summed E-state index contributed by atoms with van der Waals surface area (Å²) >= 11 is 9.88. The molecule has 0 fully saturated rings. The van der Waals surface area contributed by atoms with E-state index in [1.165, 1.54) is 30.1 Å². The van der Waals surface area contributed by atoms with Gasteiger partial charge in [-0.25, -0.2) is 0 Å². The van der Waals surface area contributed by atoms with Gasteiger partial charge in [-0.1, -0.05) is 37.0 Å². The molecular weight excluding hydrogens is 279 g/mol. The zero-order valence-electron chi connectivity index (χ0n) is 10.3. The number of hydrogen-bond acceptors (Lipinski definition) is 5. The van der Waals surface area contributed by atoms with Gasteiger partial charge >= 0.3 is 0 Å². The molecule has 1 atom stereocenters. The van der Waals surface area contributed by atoms with Gasteiger partial charge in [0.1, 0.15) is 0 Å². The van der Waals surface area contributed by atoms with E-state index in [1.54, 1.807) is 0 Å². The van der Waals surface area contributed by atoms with Crippen LogP contribution in [-0.2, 0) is 20.9 Å². The smallest absolute Gasteiger partial charge is 0.202 e. The number of rotatable bonds is 10. The lowest BCUT2D eigenvalue weighted by molar-refractivity contribution is 0.264. The molecule has 0 amide bonds. The third-order valence-corrected chi connectivity index (χ3v) is 9.03. The molecule has 0 aromatic rings. The van der Waals surface area contributed by atoms with Crippen LogP contribution in [-0.4, -0.2) is 18.2 Å². The fourth-order valence-electron chi connectivity index (χ4n) is 1.40. The second-order valence-electron chi connectivity index (χ2n) is 3.43. The molecule has 0 aliphatic rings. The van der Waals surface area contributed by atoms with Crippen molar-refractivity contribution < 1.29 is 9.05 Å². The summed E-state index contributed by atoms with van der Waals surface area (Å²) in [5.41, 5.74) is 0. The molecule has 0 aliphatic heterocycles. The molecule has 0 saturated heterocycles. The van der Waals surface area contributed by atoms with Crippen LogP contribution in [0.2, 0.25) is 0 Å². The zero-order chi connectivity index (χ0) is 12.4. The second-order valence-corrected chi connectivity index (χ2v) is 8.94. The van der Waals surface area contributed by atoms with Gasteiger partial charge in [-0.05, 0) is 32.1 Å². The third kappa shape index (κ3) is 6.27. The van der Waals surface area contributed by atoms with Crippen molar-refractivity contribution in [3.05, 3.63) is 0 Å². The maximum absolute atomic E-state index is 5.69. The van der Waals surface area contributed by atoms with E-state index >= 15 is 0 Å². The van der Waals surface area contributed by atoms with Crippen LogP contribution < -0.4 is 0 Å². The second kappa shape index (κ2) is 10.2. The highest BCUT2D eigenvalue weighted by atomic mass is 33.1. The molecule has 6 heteroatoms. The molecule has 0 bridgehead atoms. The van der Waals surface area contributed by atoms with Gasteiger partial charge in [0.25, 0.3) is 0 Å². The summed E-state index contributed by atoms with van der Waals surface area (Å²) in [5.74, 6) is 0. The first kappa shape index (κ1) is 17.3. The minimum Gasteiger partial charge on any atom is -0.329 e. The van der Waals surface area contributed by atoms with E-state index in [0.29, 0.717) is 13.2 Å². The monoisotopic (exact) mass is 302 g/mol. The molecule has 0 aromatic heterocycles. The van der Waals surface area contributed by atoms with Crippen molar-refractivity contribution in [1.82, 2.24) is 0 Å². The summed E-state index contributed by atoms with van der Waals surface area (Å²) in [6.07, 6.45) is 4.67. The predicted octanol–water partition coefficient (Wildman–Crippen LogP) is 4.85. The minimum absolute atomic E-state index is 0.220. The minimum atomic E-state index is -2.15. The molecule has 0 aliphatic carbocycles. The summed E-state index contributed by atoms with van der Waals surface area (Å²) in [6, 6.07) is 0. The fourth-order valence-corrected chi connectivity index (χ4v) is 7.47. The van der Waals surface area contributed by atoms with Gasteiger partial charge in [0.05, 0.1) is 18.2 Å². The molecule has 1 unspecified atom stereocenters. The molecule has 0 spiro atoms. The first-order valence-corrected chi connectivity index (χ1v) is 10.5. The first-order chi connectivity index (χ1) is 7.64. The van der Waals surface area contributed by atoms with Gasteiger partial charge in [-0.2, -0.15) is 0 Å². The Bertz CT molecular complexity index is 204. The Morgan fingerprint density at radius 2 is 1.75 bits per heavy atom. The summed E-state index contributed by atoms with van der Waals surface area (Å²) in [6.45, 7) is 5.22. The lowest BCUT2D eigenvalue weighted by Gasteiger charge is -2.28. The number of thiol groups is 1. The Labute approximate surface area is 114 Å². The number of hydrogen-bond donors (Lipinski definition) is 1. The van der Waals surface area contributed by atoms with Crippen LogP contribution in [0.25, 0.3) is 0 Å². The quantitative estimate of drug-likeness (QED) is 0.269. The molecule has 2 nitrogen and oxygen atoms in total. The van der Waals surface area contributed by atoms with Gasteiger partial charge in [-0.15, -0.1) is 11.7 Å². The average molecular weight is 302 g/mol. The van der Waals surface area contributed by atoms with Crippen LogP contribution in [0.3, 0.4) is 0 Å². The fraction of sp³-hybridized carbons (Fsp3) is 1.00. The molecule has 16 heavy (non-hydrogen) atoms. The summed E-state index contributed by atoms with van der Waals surface area (Å²) < 4.78 is 11.4. The van der Waals surface area contributed by atoms with Crippen LogP contribution in [0.15, 0.2) is 0 Å². The molecule has 0 heterocycles. The van der Waals surface area contributed by atoms with Crippen molar-refractivity contribution in [2.24, 2.45) is 0 Å². The van der Waals surface area contributed by atoms with Crippen LogP contribution >= 0.6 is 28.9 Å². The average Bonchev–Trinajstić information content (AvgIpc) is 2.25. The van der Waals surface area contributed by atoms with E-state index in [1.807, 2.05) is 13.8 Å². The Morgan fingerprint density at radius 1 is 1.19 bits per heavy atom. The largest absolute Gasteiger partial charge is 0.329 e. The molecule has 0 rings (SSSR count). The standard InChI is InChI=1S/C10H23O2PS3/c1-4-7-8-9-10(16-15)13(14,11-5-2)12-6-3/h10,15H,4-9H2,1-3H3. The maximum atomic E-state index is 5.69. The summed E-state index contributed by atoms with van der Waals surface area (Å²) in [4.78, 5) is 0.220. The van der Waals surface area contributed by atoms with E-state index < -0.39 is 6.49 Å². The van der Waals surface area contributed by atoms with Crippen molar-refractivity contribution >= 4 is 40.8 Å². The molecule has 0 radical (unpaired) electrons. The van der Waals surface area contributed by atoms with Crippen LogP contribution in [0, 0.1) is 0 Å². The maximum Gasteiger partial charge on any atom is 0.202 e. The summed E-state index contributed by atoms with van der Waals surface area (Å²) in [5, 5.41) is 0. The van der Waals surface area contributed by atoms with Gasteiger partial charge in [0.15, 0.2) is 0 Å². The van der Waals surface area contributed by atoms with Crippen LogP contribution in [0.5, 0.6) is 0 Å². The molecule has 98 valence electrons. The van der Waals surface area contributed by atoms with Crippen molar-refractivity contribution in [2.45, 2.75) is 51.4 Å². The normalized spacial score (nSPS) is 14.0. The lowest BCUT2D eigenvalue weighted by Crippen LogP contribution is -2.08. The van der Waals surface area contributed by atoms with Crippen molar-refractivity contribution in [2.75, 3.05) is 13.2 Å². The molecule has 0 N–H and O–H groups in total. The molecule has 0 saturated carbocycles. The van der Waals surface area contributed by atoms with Gasteiger partial charge < -0.3 is 9.05 Å². The van der Waals surface area contributed by atoms with Crippen LogP contribution in [0.1, 0.15) is 46.5 Å². The van der Waals surface area contributed by atoms with E-state index in [0.717, 1.165) is 6.42 Å². The summed E-state index contributed by atoms with van der Waals surface area (Å²) in [7, 11) is 1.50. The molecular formula is C10H23O2PS3. The highest BCUT2D eigenvalue weighted by molar-refractivity contribution is 8.70. The van der Waals surface area contributed by atoms with Crippen molar-refractivity contribution in [1.29, 1.82) is 0 Å². The van der Waals surface area contributed by atoms with Crippen LogP contribution in [0.4, 0.5) is 0 Å². The third-order valence-electron chi connectivity index (χ3n) is 2.15. The zero-order valence-corrected chi connectivity index (χ0v) is 13.8. The first-order valence-electron chi connectivity index (χ1n) is 5.83. The SMILES string of the molecule is CCCCCC(SS)P(=S)(OCC)OCC. The highest BCUT2D eigenvalue weighted by Gasteiger charge is 2.29. The van der Waals surface area contributed by atoms with Gasteiger partial charge in [0, 0.05) is 0 Å². The van der Waals surface area contributed by atoms with Crippen molar-refractivity contribution in [3.8, 4) is 0 Å². The van der Waals surface area contributed by atoms with E-state index in [2.05, 4.69) is 18.6 Å². The molecule has 0 aromatic carbocycles. The Morgan fingerprint density at radius 3 is 2.12 bits per heavy atom. The van der Waals surface area contributed by atoms with E-state index in [9.17, 15) is 0 Å². The van der Waals surface area contributed by atoms with Gasteiger partial charge in [0.2, 0.25) is 6.49 Å². The Hall–Kier alpha value is 1.27. The van der Waals surface area contributed by atoms with Crippen molar-refractivity contribution in [3.63, 3.8) is 0 Å². The number of unbranched alkanes of at least 4 members (excludes halogenated alkanes) is 2.